The molecule has 0 aliphatic carbocycles. The second-order valence-corrected chi connectivity index (χ2v) is 5.16. The smallest absolute Gasteiger partial charge is 0.341 e. The lowest BCUT2D eigenvalue weighted by atomic mass is 10.3. The highest BCUT2D eigenvalue weighted by atomic mass is 32.2. The second-order valence-electron chi connectivity index (χ2n) is 3.96. The fourth-order valence-corrected chi connectivity index (χ4v) is 2.35. The number of ether oxygens (including phenoxy) is 1. The van der Waals surface area contributed by atoms with Crippen molar-refractivity contribution >= 4 is 23.6 Å². The van der Waals surface area contributed by atoms with Gasteiger partial charge in [0.05, 0.1) is 11.9 Å². The Labute approximate surface area is 121 Å². The molecule has 0 fully saturated rings. The third kappa shape index (κ3) is 4.17. The highest BCUT2D eigenvalue weighted by Crippen LogP contribution is 2.28. The van der Waals surface area contributed by atoms with Crippen LogP contribution in [-0.4, -0.2) is 29.7 Å². The van der Waals surface area contributed by atoms with Crippen LogP contribution < -0.4 is 9.04 Å². The summed E-state index contributed by atoms with van der Waals surface area (Å²) in [5.74, 6) is -0.451. The maximum atomic E-state index is 10.5. The fourth-order valence-electron chi connectivity index (χ4n) is 1.52. The lowest BCUT2D eigenvalue weighted by Crippen LogP contribution is -2.09. The van der Waals surface area contributed by atoms with Gasteiger partial charge in [-0.1, -0.05) is 6.07 Å². The van der Waals surface area contributed by atoms with Crippen molar-refractivity contribution in [2.45, 2.75) is 4.90 Å². The molecule has 0 unspecified atom stereocenters. The Balaban J connectivity index is 2.02. The zero-order valence-electron chi connectivity index (χ0n) is 10.9. The Morgan fingerprint density at radius 1 is 1.40 bits per heavy atom. The molecule has 2 rings (SSSR count). The van der Waals surface area contributed by atoms with Crippen LogP contribution in [0.2, 0.25) is 0 Å². The topological polar surface area (TPSA) is 62.7 Å². The minimum atomic E-state index is -0.990. The van der Waals surface area contributed by atoms with Gasteiger partial charge in [-0.25, -0.2) is 4.79 Å². The summed E-state index contributed by atoms with van der Waals surface area (Å²) in [5, 5.41) is 8.59. The summed E-state index contributed by atoms with van der Waals surface area (Å²) < 4.78 is 7.13. The lowest BCUT2D eigenvalue weighted by Gasteiger charge is -2.17. The first-order valence-electron chi connectivity index (χ1n) is 5.91. The summed E-state index contributed by atoms with van der Waals surface area (Å²) >= 11 is 1.51. The summed E-state index contributed by atoms with van der Waals surface area (Å²) in [6.45, 7) is -0.341. The highest BCUT2D eigenvalue weighted by Gasteiger charge is 2.05. The molecule has 0 radical (unpaired) electrons. The first kappa shape index (κ1) is 14.2. The predicted molar refractivity (Wildman–Crippen MR) is 78.1 cm³/mol. The van der Waals surface area contributed by atoms with Crippen molar-refractivity contribution in [2.24, 2.45) is 0 Å². The molecular weight excluding hydrogens is 276 g/mol. The number of hydrogen-bond donors (Lipinski definition) is 1. The van der Waals surface area contributed by atoms with Crippen LogP contribution in [0.1, 0.15) is 0 Å². The molecule has 0 saturated heterocycles. The number of aromatic nitrogens is 1. The Bertz CT molecular complexity index is 578. The van der Waals surface area contributed by atoms with E-state index in [1.165, 1.54) is 11.9 Å². The van der Waals surface area contributed by atoms with Crippen molar-refractivity contribution in [1.29, 1.82) is 0 Å². The van der Waals surface area contributed by atoms with Gasteiger partial charge in [0.25, 0.3) is 0 Å². The molecule has 6 heteroatoms. The van der Waals surface area contributed by atoms with E-state index in [2.05, 4.69) is 4.98 Å². The molecule has 0 aliphatic rings. The molecule has 0 spiro atoms. The van der Waals surface area contributed by atoms with Crippen LogP contribution in [0.15, 0.2) is 53.7 Å². The standard InChI is InChI=1S/C14H14N2O3S/c1-16(11-4-3-7-15-9-11)20-13-6-2-5-12(8-13)19-10-14(17)18/h2-9H,10H2,1H3,(H,17,18). The largest absolute Gasteiger partial charge is 0.482 e. The zero-order chi connectivity index (χ0) is 14.4. The molecule has 1 aromatic heterocycles. The Hall–Kier alpha value is -2.21. The summed E-state index contributed by atoms with van der Waals surface area (Å²) in [6.07, 6.45) is 3.50. The second kappa shape index (κ2) is 6.81. The van der Waals surface area contributed by atoms with Crippen molar-refractivity contribution in [3.05, 3.63) is 48.8 Å². The quantitative estimate of drug-likeness (QED) is 0.825. The average molecular weight is 290 g/mol. The van der Waals surface area contributed by atoms with Gasteiger partial charge in [0, 0.05) is 18.1 Å². The van der Waals surface area contributed by atoms with Gasteiger partial charge < -0.3 is 14.1 Å². The minimum Gasteiger partial charge on any atom is -0.482 e. The predicted octanol–water partition coefficient (Wildman–Crippen LogP) is 2.69. The van der Waals surface area contributed by atoms with E-state index in [0.717, 1.165) is 10.6 Å². The molecule has 104 valence electrons. The van der Waals surface area contributed by atoms with E-state index in [0.29, 0.717) is 5.75 Å². The average Bonchev–Trinajstić information content (AvgIpc) is 2.46. The zero-order valence-corrected chi connectivity index (χ0v) is 11.7. The maximum absolute atomic E-state index is 10.5. The first-order chi connectivity index (χ1) is 9.65. The van der Waals surface area contributed by atoms with Crippen molar-refractivity contribution in [2.75, 3.05) is 18.0 Å². The number of carboxylic acids is 1. The summed E-state index contributed by atoms with van der Waals surface area (Å²) in [7, 11) is 1.94. The number of anilines is 1. The molecule has 1 aromatic carbocycles. The molecule has 0 atom stereocenters. The number of pyridine rings is 1. The van der Waals surface area contributed by atoms with E-state index in [4.69, 9.17) is 9.84 Å². The number of aliphatic carboxylic acids is 1. The van der Waals surface area contributed by atoms with Crippen molar-refractivity contribution in [3.63, 3.8) is 0 Å². The van der Waals surface area contributed by atoms with Crippen LogP contribution >= 0.6 is 11.9 Å². The van der Waals surface area contributed by atoms with Gasteiger partial charge in [-0.2, -0.15) is 0 Å². The summed E-state index contributed by atoms with van der Waals surface area (Å²) in [6, 6.07) is 11.1. The van der Waals surface area contributed by atoms with Crippen LogP contribution in [0.25, 0.3) is 0 Å². The van der Waals surface area contributed by atoms with Gasteiger partial charge in [-0.3, -0.25) is 4.98 Å². The van der Waals surface area contributed by atoms with Gasteiger partial charge in [-0.05, 0) is 42.3 Å². The Kier molecular flexibility index (Phi) is 4.84. The monoisotopic (exact) mass is 290 g/mol. The highest BCUT2D eigenvalue weighted by molar-refractivity contribution is 8.00. The number of benzene rings is 1. The van der Waals surface area contributed by atoms with E-state index >= 15 is 0 Å². The molecular formula is C14H14N2O3S. The molecule has 20 heavy (non-hydrogen) atoms. The molecule has 2 aromatic rings. The molecule has 0 bridgehead atoms. The first-order valence-corrected chi connectivity index (χ1v) is 6.69. The number of rotatable bonds is 6. The number of hydrogen-bond acceptors (Lipinski definition) is 5. The van der Waals surface area contributed by atoms with Crippen LogP contribution in [0.4, 0.5) is 5.69 Å². The molecule has 0 aliphatic heterocycles. The van der Waals surface area contributed by atoms with E-state index in [9.17, 15) is 4.79 Å². The number of nitrogens with zero attached hydrogens (tertiary/aromatic N) is 2. The van der Waals surface area contributed by atoms with E-state index in [1.807, 2.05) is 35.6 Å². The SMILES string of the molecule is CN(Sc1cccc(OCC(=O)O)c1)c1cccnc1. The van der Waals surface area contributed by atoms with Gasteiger partial charge in [0.15, 0.2) is 6.61 Å². The fraction of sp³-hybridized carbons (Fsp3) is 0.143. The Morgan fingerprint density at radius 3 is 2.95 bits per heavy atom. The van der Waals surface area contributed by atoms with Gasteiger partial charge in [-0.15, -0.1) is 0 Å². The van der Waals surface area contributed by atoms with Gasteiger partial charge >= 0.3 is 5.97 Å². The third-order valence-corrected chi connectivity index (χ3v) is 3.37. The van der Waals surface area contributed by atoms with Crippen molar-refractivity contribution in [1.82, 2.24) is 4.98 Å². The van der Waals surface area contributed by atoms with Gasteiger partial charge in [0.2, 0.25) is 0 Å². The van der Waals surface area contributed by atoms with Crippen LogP contribution in [-0.2, 0) is 4.79 Å². The van der Waals surface area contributed by atoms with Crippen LogP contribution in [0, 0.1) is 0 Å². The van der Waals surface area contributed by atoms with Crippen LogP contribution in [0.3, 0.4) is 0 Å². The number of carbonyl (C=O) groups is 1. The van der Waals surface area contributed by atoms with E-state index < -0.39 is 5.97 Å². The third-order valence-electron chi connectivity index (χ3n) is 2.42. The lowest BCUT2D eigenvalue weighted by molar-refractivity contribution is -0.139. The van der Waals surface area contributed by atoms with Gasteiger partial charge in [0.1, 0.15) is 5.75 Å². The molecule has 1 heterocycles. The van der Waals surface area contributed by atoms with Crippen LogP contribution in [0.5, 0.6) is 5.75 Å². The molecule has 0 amide bonds. The molecule has 1 N–H and O–H groups in total. The molecule has 5 nitrogen and oxygen atoms in total. The van der Waals surface area contributed by atoms with E-state index in [1.54, 1.807) is 24.5 Å². The van der Waals surface area contributed by atoms with Crippen molar-refractivity contribution in [3.8, 4) is 5.75 Å². The maximum Gasteiger partial charge on any atom is 0.341 e. The normalized spacial score (nSPS) is 10.1. The summed E-state index contributed by atoms with van der Waals surface area (Å²) in [4.78, 5) is 15.5. The Morgan fingerprint density at radius 2 is 2.25 bits per heavy atom. The molecule has 0 saturated carbocycles. The van der Waals surface area contributed by atoms with E-state index in [-0.39, 0.29) is 6.61 Å². The number of carboxylic acid groups (broad SMARTS) is 1. The summed E-state index contributed by atoms with van der Waals surface area (Å²) in [5.41, 5.74) is 0.981. The van der Waals surface area contributed by atoms with Crippen molar-refractivity contribution < 1.29 is 14.6 Å². The minimum absolute atomic E-state index is 0.341.